The Kier molecular flexibility index (Phi) is 6.17. The molecule has 0 radical (unpaired) electrons. The number of methoxy groups -OCH3 is 2. The lowest BCUT2D eigenvalue weighted by molar-refractivity contribution is -0.143. The Morgan fingerprint density at radius 2 is 1.76 bits per heavy atom. The molecule has 0 saturated carbocycles. The number of benzene rings is 1. The highest BCUT2D eigenvalue weighted by Crippen LogP contribution is 2.17. The molecule has 1 N–H and O–H groups in total. The molecule has 0 aliphatic rings. The van der Waals surface area contributed by atoms with Gasteiger partial charge in [-0.05, 0) is 36.6 Å². The molecule has 0 spiro atoms. The highest BCUT2D eigenvalue weighted by Gasteiger charge is 2.27. The van der Waals surface area contributed by atoms with Gasteiger partial charge in [0.15, 0.2) is 0 Å². The lowest BCUT2D eigenvalue weighted by Crippen LogP contribution is -2.42. The van der Waals surface area contributed by atoms with Crippen molar-refractivity contribution in [3.8, 4) is 5.75 Å². The normalized spacial score (nSPS) is 13.0. The van der Waals surface area contributed by atoms with Gasteiger partial charge in [-0.1, -0.05) is 13.8 Å². The maximum absolute atomic E-state index is 12.3. The molecule has 7 heteroatoms. The van der Waals surface area contributed by atoms with E-state index < -0.39 is 22.0 Å². The van der Waals surface area contributed by atoms with Crippen molar-refractivity contribution < 1.29 is 22.7 Å². The molecule has 0 heterocycles. The summed E-state index contributed by atoms with van der Waals surface area (Å²) in [6, 6.07) is 5.03. The van der Waals surface area contributed by atoms with Crippen molar-refractivity contribution in [2.75, 3.05) is 14.2 Å². The second-order valence-corrected chi connectivity index (χ2v) is 6.72. The summed E-state index contributed by atoms with van der Waals surface area (Å²) in [4.78, 5) is 11.8. The van der Waals surface area contributed by atoms with Crippen molar-refractivity contribution in [1.29, 1.82) is 0 Å². The molecular weight excluding hydrogens is 294 g/mol. The summed E-state index contributed by atoms with van der Waals surface area (Å²) in [5, 5.41) is 0. The topological polar surface area (TPSA) is 81.7 Å². The van der Waals surface area contributed by atoms with E-state index in [0.717, 1.165) is 0 Å². The Balaban J connectivity index is 2.96. The molecular formula is C14H21NO5S. The number of sulfonamides is 1. The first-order chi connectivity index (χ1) is 9.80. The Morgan fingerprint density at radius 1 is 1.19 bits per heavy atom. The van der Waals surface area contributed by atoms with Crippen molar-refractivity contribution in [1.82, 2.24) is 4.72 Å². The van der Waals surface area contributed by atoms with Gasteiger partial charge in [0, 0.05) is 0 Å². The number of carbonyl (C=O) groups excluding carboxylic acids is 1. The quantitative estimate of drug-likeness (QED) is 0.772. The van der Waals surface area contributed by atoms with E-state index in [9.17, 15) is 13.2 Å². The molecule has 0 aliphatic heterocycles. The van der Waals surface area contributed by atoms with Crippen molar-refractivity contribution >= 4 is 16.0 Å². The van der Waals surface area contributed by atoms with Crippen molar-refractivity contribution in [2.24, 2.45) is 5.92 Å². The summed E-state index contributed by atoms with van der Waals surface area (Å²) in [5.41, 5.74) is 0. The van der Waals surface area contributed by atoms with Crippen LogP contribution in [-0.4, -0.2) is 34.6 Å². The van der Waals surface area contributed by atoms with Gasteiger partial charge < -0.3 is 9.47 Å². The maximum Gasteiger partial charge on any atom is 0.323 e. The molecule has 0 saturated heterocycles. The predicted molar refractivity (Wildman–Crippen MR) is 78.6 cm³/mol. The second kappa shape index (κ2) is 7.42. The standard InChI is InChI=1S/C14H21NO5S/c1-10(2)9-13(14(16)20-4)15-21(17,18)12-7-5-11(19-3)6-8-12/h5-8,10,13,15H,9H2,1-4H3/t13-/m0/s1. The van der Waals surface area contributed by atoms with Crippen LogP contribution in [0, 0.1) is 5.92 Å². The van der Waals surface area contributed by atoms with Crippen LogP contribution in [0.25, 0.3) is 0 Å². The fourth-order valence-corrected chi connectivity index (χ4v) is 3.01. The van der Waals surface area contributed by atoms with Gasteiger partial charge in [0.1, 0.15) is 11.8 Å². The highest BCUT2D eigenvalue weighted by molar-refractivity contribution is 7.89. The summed E-state index contributed by atoms with van der Waals surface area (Å²) in [7, 11) is -1.06. The first kappa shape index (κ1) is 17.5. The van der Waals surface area contributed by atoms with Crippen LogP contribution in [-0.2, 0) is 19.6 Å². The van der Waals surface area contributed by atoms with Gasteiger partial charge in [0.2, 0.25) is 10.0 Å². The van der Waals surface area contributed by atoms with Gasteiger partial charge >= 0.3 is 5.97 Å². The zero-order valence-corrected chi connectivity index (χ0v) is 13.4. The van der Waals surface area contributed by atoms with Crippen molar-refractivity contribution in [3.63, 3.8) is 0 Å². The second-order valence-electron chi connectivity index (χ2n) is 5.00. The van der Waals surface area contributed by atoms with Gasteiger partial charge in [-0.15, -0.1) is 0 Å². The van der Waals surface area contributed by atoms with E-state index in [1.807, 2.05) is 13.8 Å². The van der Waals surface area contributed by atoms with E-state index in [1.165, 1.54) is 26.4 Å². The molecule has 1 atom stereocenters. The lowest BCUT2D eigenvalue weighted by atomic mass is 10.1. The molecule has 118 valence electrons. The molecule has 0 fully saturated rings. The summed E-state index contributed by atoms with van der Waals surface area (Å²) < 4.78 is 36.6. The zero-order chi connectivity index (χ0) is 16.0. The Labute approximate surface area is 125 Å². The molecule has 21 heavy (non-hydrogen) atoms. The van der Waals surface area contributed by atoms with Crippen LogP contribution in [0.15, 0.2) is 29.2 Å². The third-order valence-electron chi connectivity index (χ3n) is 2.86. The lowest BCUT2D eigenvalue weighted by Gasteiger charge is -2.18. The maximum atomic E-state index is 12.3. The largest absolute Gasteiger partial charge is 0.497 e. The minimum absolute atomic E-state index is 0.0703. The molecule has 1 aromatic rings. The molecule has 0 bridgehead atoms. The van der Waals surface area contributed by atoms with Crippen LogP contribution in [0.2, 0.25) is 0 Å². The highest BCUT2D eigenvalue weighted by atomic mass is 32.2. The third kappa shape index (κ3) is 5.02. The molecule has 0 amide bonds. The van der Waals surface area contributed by atoms with E-state index in [4.69, 9.17) is 4.74 Å². The first-order valence-electron chi connectivity index (χ1n) is 6.54. The van der Waals surface area contributed by atoms with Crippen molar-refractivity contribution in [2.45, 2.75) is 31.2 Å². The zero-order valence-electron chi connectivity index (χ0n) is 12.6. The number of hydrogen-bond acceptors (Lipinski definition) is 5. The smallest absolute Gasteiger partial charge is 0.323 e. The van der Waals surface area contributed by atoms with Crippen LogP contribution in [0.5, 0.6) is 5.75 Å². The van der Waals surface area contributed by atoms with Gasteiger partial charge in [0.05, 0.1) is 19.1 Å². The Morgan fingerprint density at radius 3 is 2.19 bits per heavy atom. The molecule has 1 aromatic carbocycles. The monoisotopic (exact) mass is 315 g/mol. The number of hydrogen-bond donors (Lipinski definition) is 1. The van der Waals surface area contributed by atoms with E-state index in [2.05, 4.69) is 9.46 Å². The van der Waals surface area contributed by atoms with Gasteiger partial charge in [-0.25, -0.2) is 8.42 Å². The van der Waals surface area contributed by atoms with Gasteiger partial charge in [-0.2, -0.15) is 4.72 Å². The number of ether oxygens (including phenoxy) is 2. The van der Waals surface area contributed by atoms with Crippen LogP contribution in [0.3, 0.4) is 0 Å². The molecule has 0 aliphatic carbocycles. The fraction of sp³-hybridized carbons (Fsp3) is 0.500. The predicted octanol–water partition coefficient (Wildman–Crippen LogP) is 1.56. The van der Waals surface area contributed by atoms with Crippen LogP contribution in [0.1, 0.15) is 20.3 Å². The summed E-state index contributed by atoms with van der Waals surface area (Å²) >= 11 is 0. The summed E-state index contributed by atoms with van der Waals surface area (Å²) in [6.45, 7) is 3.80. The number of rotatable bonds is 7. The minimum Gasteiger partial charge on any atom is -0.497 e. The van der Waals surface area contributed by atoms with Gasteiger partial charge in [0.25, 0.3) is 0 Å². The molecule has 6 nitrogen and oxygen atoms in total. The van der Waals surface area contributed by atoms with Crippen LogP contribution in [0.4, 0.5) is 0 Å². The van der Waals surface area contributed by atoms with Crippen LogP contribution >= 0.6 is 0 Å². The van der Waals surface area contributed by atoms with E-state index in [-0.39, 0.29) is 10.8 Å². The van der Waals surface area contributed by atoms with E-state index in [1.54, 1.807) is 12.1 Å². The summed E-state index contributed by atoms with van der Waals surface area (Å²) in [5.74, 6) is 0.106. The van der Waals surface area contributed by atoms with E-state index >= 15 is 0 Å². The SMILES string of the molecule is COC(=O)[C@H](CC(C)C)NS(=O)(=O)c1ccc(OC)cc1. The molecule has 1 rings (SSSR count). The fourth-order valence-electron chi connectivity index (χ4n) is 1.82. The van der Waals surface area contributed by atoms with Crippen LogP contribution < -0.4 is 9.46 Å². The Bertz CT molecular complexity index is 566. The molecule has 0 unspecified atom stereocenters. The Hall–Kier alpha value is -1.60. The van der Waals surface area contributed by atoms with Gasteiger partial charge in [-0.3, -0.25) is 4.79 Å². The number of carbonyl (C=O) groups is 1. The molecule has 0 aromatic heterocycles. The average Bonchev–Trinajstić information content (AvgIpc) is 2.45. The number of esters is 1. The van der Waals surface area contributed by atoms with E-state index in [0.29, 0.717) is 12.2 Å². The minimum atomic E-state index is -3.79. The summed E-state index contributed by atoms with van der Waals surface area (Å²) in [6.07, 6.45) is 0.363. The average molecular weight is 315 g/mol. The first-order valence-corrected chi connectivity index (χ1v) is 8.02. The number of nitrogens with one attached hydrogen (secondary N) is 1. The third-order valence-corrected chi connectivity index (χ3v) is 4.35. The van der Waals surface area contributed by atoms with Crippen molar-refractivity contribution in [3.05, 3.63) is 24.3 Å².